The first-order chi connectivity index (χ1) is 12.7. The number of Topliss-reactive ketones (excluding diaryl/α,β-unsaturated/α-hetero) is 1. The van der Waals surface area contributed by atoms with E-state index in [9.17, 15) is 9.18 Å². The molecule has 1 fully saturated rings. The molecule has 2 aromatic carbocycles. The number of hydrogen-bond donors (Lipinski definition) is 1. The molecule has 5 heteroatoms. The number of likely N-dealkylation sites (N-methyl/N-ethyl adjacent to an activating group) is 1. The fourth-order valence-corrected chi connectivity index (χ4v) is 3.40. The Balaban J connectivity index is 1.54. The Bertz CT molecular complexity index is 687. The van der Waals surface area contributed by atoms with E-state index >= 15 is 0 Å². The summed E-state index contributed by atoms with van der Waals surface area (Å²) in [7, 11) is 1.71. The summed E-state index contributed by atoms with van der Waals surface area (Å²) in [6.07, 6.45) is -0.965. The highest BCUT2D eigenvalue weighted by Gasteiger charge is 2.28. The summed E-state index contributed by atoms with van der Waals surface area (Å²) in [4.78, 5) is 16.7. The van der Waals surface area contributed by atoms with E-state index in [0.29, 0.717) is 18.7 Å². The third kappa shape index (κ3) is 4.48. The van der Waals surface area contributed by atoms with Gasteiger partial charge in [-0.1, -0.05) is 48.5 Å². The Hall–Kier alpha value is -2.24. The molecule has 4 nitrogen and oxygen atoms in total. The molecule has 0 aromatic heterocycles. The Kier molecular flexibility index (Phi) is 6.36. The molecule has 0 radical (unpaired) electrons. The highest BCUT2D eigenvalue weighted by molar-refractivity contribution is 6.00. The summed E-state index contributed by atoms with van der Waals surface area (Å²) in [5, 5.41) is 2.98. The normalized spacial score (nSPS) is 17.7. The van der Waals surface area contributed by atoms with Gasteiger partial charge in [-0.15, -0.1) is 0 Å². The van der Waals surface area contributed by atoms with Crippen molar-refractivity contribution in [3.63, 3.8) is 0 Å². The fourth-order valence-electron chi connectivity index (χ4n) is 3.40. The third-order valence-electron chi connectivity index (χ3n) is 4.99. The Morgan fingerprint density at radius 2 is 1.58 bits per heavy atom. The third-order valence-corrected chi connectivity index (χ3v) is 4.99. The zero-order valence-electron chi connectivity index (χ0n) is 15.1. The Labute approximate surface area is 154 Å². The lowest BCUT2D eigenvalue weighted by molar-refractivity contribution is 0.0563. The van der Waals surface area contributed by atoms with Gasteiger partial charge in [0, 0.05) is 43.9 Å². The number of carbonyl (C=O) groups is 1. The summed E-state index contributed by atoms with van der Waals surface area (Å²) in [5.41, 5.74) is 1.79. The van der Waals surface area contributed by atoms with Crippen LogP contribution in [0.3, 0.4) is 0 Å². The van der Waals surface area contributed by atoms with Gasteiger partial charge >= 0.3 is 0 Å². The van der Waals surface area contributed by atoms with Gasteiger partial charge in [0.25, 0.3) is 0 Å². The molecule has 1 aliphatic heterocycles. The predicted molar refractivity (Wildman–Crippen MR) is 103 cm³/mol. The fraction of sp³-hybridized carbons (Fsp3) is 0.381. The van der Waals surface area contributed by atoms with Crippen LogP contribution in [-0.2, 0) is 0 Å². The molecule has 1 saturated heterocycles. The quantitative estimate of drug-likeness (QED) is 0.612. The van der Waals surface area contributed by atoms with E-state index in [-0.39, 0.29) is 12.2 Å². The second kappa shape index (κ2) is 8.92. The summed E-state index contributed by atoms with van der Waals surface area (Å²) in [6, 6.07) is 18.8. The number of ketones is 1. The van der Waals surface area contributed by atoms with Crippen LogP contribution in [0.2, 0.25) is 0 Å². The minimum absolute atomic E-state index is 0.0568. The van der Waals surface area contributed by atoms with Gasteiger partial charge in [-0.3, -0.25) is 9.69 Å². The van der Waals surface area contributed by atoms with Gasteiger partial charge in [0.05, 0.1) is 6.04 Å². The summed E-state index contributed by atoms with van der Waals surface area (Å²) in [6.45, 7) is 2.90. The van der Waals surface area contributed by atoms with Crippen LogP contribution < -0.4 is 10.2 Å². The van der Waals surface area contributed by atoms with Gasteiger partial charge in [0.2, 0.25) is 0 Å². The van der Waals surface area contributed by atoms with Crippen LogP contribution in [0.25, 0.3) is 0 Å². The number of piperazine rings is 1. The number of halogens is 1. The lowest BCUT2D eigenvalue weighted by Gasteiger charge is -2.38. The molecule has 26 heavy (non-hydrogen) atoms. The molecule has 2 aromatic rings. The number of hydrogen-bond acceptors (Lipinski definition) is 4. The molecule has 1 heterocycles. The van der Waals surface area contributed by atoms with Crippen molar-refractivity contribution in [1.82, 2.24) is 10.2 Å². The number of rotatable bonds is 7. The van der Waals surface area contributed by atoms with E-state index in [4.69, 9.17) is 0 Å². The van der Waals surface area contributed by atoms with E-state index in [1.807, 2.05) is 41.3 Å². The van der Waals surface area contributed by atoms with Crippen LogP contribution in [0.5, 0.6) is 0 Å². The Morgan fingerprint density at radius 1 is 1.00 bits per heavy atom. The molecule has 1 aliphatic rings. The maximum Gasteiger partial charge on any atom is 0.179 e. The summed E-state index contributed by atoms with van der Waals surface area (Å²) < 4.78 is 14.8. The number of alkyl halides is 1. The zero-order chi connectivity index (χ0) is 18.4. The number of carbonyl (C=O) groups excluding carboxylic acids is 1. The molecule has 0 spiro atoms. The van der Waals surface area contributed by atoms with Crippen molar-refractivity contribution in [2.75, 3.05) is 38.1 Å². The second-order valence-electron chi connectivity index (χ2n) is 6.60. The maximum absolute atomic E-state index is 14.8. The number of nitrogens with one attached hydrogen (secondary N) is 1. The highest BCUT2D eigenvalue weighted by Crippen LogP contribution is 2.19. The zero-order valence-corrected chi connectivity index (χ0v) is 15.1. The molecule has 0 amide bonds. The molecule has 0 saturated carbocycles. The summed E-state index contributed by atoms with van der Waals surface area (Å²) in [5.74, 6) is -0.0568. The van der Waals surface area contributed by atoms with Gasteiger partial charge in [0.15, 0.2) is 12.1 Å². The maximum atomic E-state index is 14.8. The molecule has 0 bridgehead atoms. The molecule has 138 valence electrons. The number of nitrogens with zero attached hydrogens (tertiary/aromatic N) is 2. The largest absolute Gasteiger partial charge is 0.369 e. The number of para-hydroxylation sites is 1. The van der Waals surface area contributed by atoms with Crippen molar-refractivity contribution in [3.05, 3.63) is 66.2 Å². The van der Waals surface area contributed by atoms with Crippen LogP contribution >= 0.6 is 0 Å². The van der Waals surface area contributed by atoms with Crippen molar-refractivity contribution >= 4 is 11.5 Å². The van der Waals surface area contributed by atoms with E-state index < -0.39 is 12.3 Å². The van der Waals surface area contributed by atoms with Crippen LogP contribution in [0.15, 0.2) is 60.7 Å². The first-order valence-corrected chi connectivity index (χ1v) is 9.13. The molecule has 1 N–H and O–H groups in total. The van der Waals surface area contributed by atoms with Crippen LogP contribution in [-0.4, -0.2) is 56.2 Å². The van der Waals surface area contributed by atoms with Gasteiger partial charge in [-0.2, -0.15) is 0 Å². The SMILES string of the molecule is CNC(CC(F)N1CCN(c2ccccc2)CC1)C(=O)c1ccccc1. The smallest absolute Gasteiger partial charge is 0.179 e. The average molecular weight is 355 g/mol. The average Bonchev–Trinajstić information content (AvgIpc) is 2.72. The van der Waals surface area contributed by atoms with E-state index in [1.165, 1.54) is 5.69 Å². The van der Waals surface area contributed by atoms with E-state index in [2.05, 4.69) is 22.3 Å². The monoisotopic (exact) mass is 355 g/mol. The predicted octanol–water partition coefficient (Wildman–Crippen LogP) is 2.97. The van der Waals surface area contributed by atoms with Crippen molar-refractivity contribution in [1.29, 1.82) is 0 Å². The topological polar surface area (TPSA) is 35.6 Å². The van der Waals surface area contributed by atoms with Crippen molar-refractivity contribution in [2.24, 2.45) is 0 Å². The van der Waals surface area contributed by atoms with Crippen LogP contribution in [0.4, 0.5) is 10.1 Å². The minimum atomic E-state index is -1.13. The van der Waals surface area contributed by atoms with Crippen molar-refractivity contribution < 1.29 is 9.18 Å². The van der Waals surface area contributed by atoms with E-state index in [1.54, 1.807) is 19.2 Å². The number of benzene rings is 2. The first-order valence-electron chi connectivity index (χ1n) is 9.13. The van der Waals surface area contributed by atoms with Crippen molar-refractivity contribution in [3.8, 4) is 0 Å². The van der Waals surface area contributed by atoms with Crippen molar-refractivity contribution in [2.45, 2.75) is 18.8 Å². The molecular weight excluding hydrogens is 329 g/mol. The lowest BCUT2D eigenvalue weighted by Crippen LogP contribution is -2.51. The second-order valence-corrected chi connectivity index (χ2v) is 6.60. The Morgan fingerprint density at radius 3 is 2.15 bits per heavy atom. The van der Waals surface area contributed by atoms with E-state index in [0.717, 1.165) is 13.1 Å². The van der Waals surface area contributed by atoms with Crippen LogP contribution in [0, 0.1) is 0 Å². The van der Waals surface area contributed by atoms with Gasteiger partial charge in [0.1, 0.15) is 0 Å². The van der Waals surface area contributed by atoms with Gasteiger partial charge in [-0.05, 0) is 19.2 Å². The van der Waals surface area contributed by atoms with Gasteiger partial charge < -0.3 is 10.2 Å². The molecule has 3 rings (SSSR count). The molecular formula is C21H26FN3O. The molecule has 0 aliphatic carbocycles. The molecule has 2 unspecified atom stereocenters. The first kappa shape index (κ1) is 18.5. The van der Waals surface area contributed by atoms with Crippen LogP contribution in [0.1, 0.15) is 16.8 Å². The minimum Gasteiger partial charge on any atom is -0.369 e. The van der Waals surface area contributed by atoms with Gasteiger partial charge in [-0.25, -0.2) is 4.39 Å². The molecule has 2 atom stereocenters. The lowest BCUT2D eigenvalue weighted by atomic mass is 10.0. The highest BCUT2D eigenvalue weighted by atomic mass is 19.1. The standard InChI is InChI=1S/C21H26FN3O/c1-23-19(21(26)17-8-4-2-5-9-17)16-20(22)25-14-12-24(13-15-25)18-10-6-3-7-11-18/h2-11,19-20,23H,12-16H2,1H3. The summed E-state index contributed by atoms with van der Waals surface area (Å²) >= 11 is 0. The number of anilines is 1.